The molecular weight excluding hydrogens is 452 g/mol. The molecule has 3 aromatic carbocycles. The Morgan fingerprint density at radius 3 is 2.28 bits per heavy atom. The van der Waals surface area contributed by atoms with Gasteiger partial charge in [0, 0.05) is 11.6 Å². The quantitative estimate of drug-likeness (QED) is 0.469. The molecule has 2 unspecified atom stereocenters. The van der Waals surface area contributed by atoms with Crippen LogP contribution in [0.5, 0.6) is 11.5 Å². The molecular formula is C30H32N2O4. The molecule has 186 valence electrons. The zero-order chi connectivity index (χ0) is 25.1. The second-order valence-electron chi connectivity index (χ2n) is 9.48. The zero-order valence-electron chi connectivity index (χ0n) is 20.8. The number of rotatable bonds is 6. The van der Waals surface area contributed by atoms with Gasteiger partial charge in [-0.1, -0.05) is 61.7 Å². The van der Waals surface area contributed by atoms with Crippen molar-refractivity contribution < 1.29 is 19.1 Å². The van der Waals surface area contributed by atoms with E-state index in [1.807, 2.05) is 77.7 Å². The molecule has 2 atom stereocenters. The number of amides is 2. The molecule has 36 heavy (non-hydrogen) atoms. The highest BCUT2D eigenvalue weighted by Gasteiger charge is 2.46. The summed E-state index contributed by atoms with van der Waals surface area (Å²) in [4.78, 5) is 30.1. The average molecular weight is 485 g/mol. The fraction of sp³-hybridized carbons (Fsp3) is 0.333. The Bertz CT molecular complexity index is 1230. The molecule has 1 aliphatic heterocycles. The number of nitrogens with zero attached hydrogens (tertiary/aromatic N) is 1. The van der Waals surface area contributed by atoms with Gasteiger partial charge in [0.1, 0.15) is 11.5 Å². The number of fused-ring (bicyclic) bond motifs is 1. The molecule has 2 aliphatic rings. The SMILES string of the molecule is COc1ccc(C2C(C(=O)Nc3ccccc3OC)c3ccccc3C(=O)N2C2CCCCC2)cc1. The third-order valence-electron chi connectivity index (χ3n) is 7.45. The normalized spacial score (nSPS) is 19.9. The van der Waals surface area contributed by atoms with E-state index in [0.717, 1.165) is 42.6 Å². The Labute approximate surface area is 212 Å². The van der Waals surface area contributed by atoms with Crippen LogP contribution in [0.1, 0.15) is 65.5 Å². The molecule has 0 spiro atoms. The molecule has 1 heterocycles. The summed E-state index contributed by atoms with van der Waals surface area (Å²) in [6.07, 6.45) is 5.25. The second kappa shape index (κ2) is 10.4. The van der Waals surface area contributed by atoms with E-state index in [0.29, 0.717) is 17.0 Å². The van der Waals surface area contributed by atoms with Crippen LogP contribution < -0.4 is 14.8 Å². The van der Waals surface area contributed by atoms with Crippen molar-refractivity contribution in [2.24, 2.45) is 0 Å². The van der Waals surface area contributed by atoms with Gasteiger partial charge in [-0.15, -0.1) is 0 Å². The summed E-state index contributed by atoms with van der Waals surface area (Å²) in [5.74, 6) is 0.580. The summed E-state index contributed by atoms with van der Waals surface area (Å²) >= 11 is 0. The maximum atomic E-state index is 14.1. The van der Waals surface area contributed by atoms with Crippen LogP contribution in [-0.2, 0) is 4.79 Å². The van der Waals surface area contributed by atoms with Gasteiger partial charge in [0.25, 0.3) is 5.91 Å². The van der Waals surface area contributed by atoms with Gasteiger partial charge < -0.3 is 19.7 Å². The number of carbonyl (C=O) groups is 2. The van der Waals surface area contributed by atoms with E-state index in [4.69, 9.17) is 9.47 Å². The lowest BCUT2D eigenvalue weighted by molar-refractivity contribution is -0.119. The van der Waals surface area contributed by atoms with Crippen LogP contribution >= 0.6 is 0 Å². The largest absolute Gasteiger partial charge is 0.497 e. The summed E-state index contributed by atoms with van der Waals surface area (Å²) in [5.41, 5.74) is 2.89. The summed E-state index contributed by atoms with van der Waals surface area (Å²) in [5, 5.41) is 3.11. The van der Waals surface area contributed by atoms with Crippen molar-refractivity contribution in [1.82, 2.24) is 4.90 Å². The summed E-state index contributed by atoms with van der Waals surface area (Å²) in [6, 6.07) is 22.3. The maximum Gasteiger partial charge on any atom is 0.254 e. The van der Waals surface area contributed by atoms with Crippen molar-refractivity contribution in [3.8, 4) is 11.5 Å². The van der Waals surface area contributed by atoms with E-state index in [1.54, 1.807) is 14.2 Å². The number of para-hydroxylation sites is 2. The van der Waals surface area contributed by atoms with E-state index >= 15 is 0 Å². The predicted molar refractivity (Wildman–Crippen MR) is 140 cm³/mol. The molecule has 1 saturated carbocycles. The molecule has 2 amide bonds. The van der Waals surface area contributed by atoms with Gasteiger partial charge in [0.15, 0.2) is 0 Å². The Balaban J connectivity index is 1.64. The van der Waals surface area contributed by atoms with Crippen molar-refractivity contribution in [3.63, 3.8) is 0 Å². The van der Waals surface area contributed by atoms with Crippen LogP contribution in [0, 0.1) is 0 Å². The maximum absolute atomic E-state index is 14.1. The van der Waals surface area contributed by atoms with Crippen LogP contribution in [0.2, 0.25) is 0 Å². The van der Waals surface area contributed by atoms with Crippen molar-refractivity contribution in [1.29, 1.82) is 0 Å². The summed E-state index contributed by atoms with van der Waals surface area (Å²) in [7, 11) is 3.22. The third kappa shape index (κ3) is 4.43. The fourth-order valence-corrected chi connectivity index (χ4v) is 5.71. The lowest BCUT2D eigenvalue weighted by Crippen LogP contribution is -2.51. The van der Waals surface area contributed by atoms with E-state index in [2.05, 4.69) is 5.32 Å². The second-order valence-corrected chi connectivity index (χ2v) is 9.48. The van der Waals surface area contributed by atoms with Crippen molar-refractivity contribution in [2.45, 2.75) is 50.1 Å². The molecule has 1 fully saturated rings. The first-order valence-electron chi connectivity index (χ1n) is 12.6. The molecule has 5 rings (SSSR count). The number of methoxy groups -OCH3 is 2. The van der Waals surface area contributed by atoms with Gasteiger partial charge in [-0.3, -0.25) is 9.59 Å². The lowest BCUT2D eigenvalue weighted by Gasteiger charge is -2.46. The Morgan fingerprint density at radius 1 is 0.861 bits per heavy atom. The molecule has 0 aromatic heterocycles. The minimum Gasteiger partial charge on any atom is -0.497 e. The number of anilines is 1. The Morgan fingerprint density at radius 2 is 1.56 bits per heavy atom. The highest BCUT2D eigenvalue weighted by atomic mass is 16.5. The molecule has 6 heteroatoms. The highest BCUT2D eigenvalue weighted by molar-refractivity contribution is 6.05. The minimum atomic E-state index is -0.584. The van der Waals surface area contributed by atoms with Crippen LogP contribution in [0.15, 0.2) is 72.8 Å². The summed E-state index contributed by atoms with van der Waals surface area (Å²) < 4.78 is 10.9. The number of nitrogens with one attached hydrogen (secondary N) is 1. The number of ether oxygens (including phenoxy) is 2. The molecule has 0 bridgehead atoms. The standard InChI is InChI=1S/C30H32N2O4/c1-35-22-18-16-20(17-19-22)28-27(29(33)31-25-14-8-9-15-26(25)36-2)23-12-6-7-13-24(23)30(34)32(28)21-10-4-3-5-11-21/h6-9,12-19,21,27-28H,3-5,10-11H2,1-2H3,(H,31,33). The highest BCUT2D eigenvalue weighted by Crippen LogP contribution is 2.46. The monoisotopic (exact) mass is 484 g/mol. The minimum absolute atomic E-state index is 0.000315. The van der Waals surface area contributed by atoms with Gasteiger partial charge in [-0.05, 0) is 54.3 Å². The molecule has 1 aliphatic carbocycles. The third-order valence-corrected chi connectivity index (χ3v) is 7.45. The first-order valence-corrected chi connectivity index (χ1v) is 12.6. The number of hydrogen-bond donors (Lipinski definition) is 1. The molecule has 6 nitrogen and oxygen atoms in total. The number of carbonyl (C=O) groups excluding carboxylic acids is 2. The summed E-state index contributed by atoms with van der Waals surface area (Å²) in [6.45, 7) is 0. The smallest absolute Gasteiger partial charge is 0.254 e. The van der Waals surface area contributed by atoms with E-state index in [9.17, 15) is 9.59 Å². The molecule has 0 saturated heterocycles. The topological polar surface area (TPSA) is 67.9 Å². The van der Waals surface area contributed by atoms with E-state index < -0.39 is 12.0 Å². The number of hydrogen-bond acceptors (Lipinski definition) is 4. The van der Waals surface area contributed by atoms with Gasteiger partial charge in [-0.2, -0.15) is 0 Å². The van der Waals surface area contributed by atoms with Gasteiger partial charge >= 0.3 is 0 Å². The van der Waals surface area contributed by atoms with Gasteiger partial charge in [0.2, 0.25) is 5.91 Å². The first kappa shape index (κ1) is 23.9. The number of benzene rings is 3. The van der Waals surface area contributed by atoms with Gasteiger partial charge in [-0.25, -0.2) is 0 Å². The fourth-order valence-electron chi connectivity index (χ4n) is 5.71. The van der Waals surface area contributed by atoms with Crippen LogP contribution in [0.25, 0.3) is 0 Å². The first-order chi connectivity index (χ1) is 17.6. The van der Waals surface area contributed by atoms with Crippen molar-refractivity contribution >= 4 is 17.5 Å². The van der Waals surface area contributed by atoms with E-state index in [1.165, 1.54) is 6.42 Å². The average Bonchev–Trinajstić information content (AvgIpc) is 2.93. The van der Waals surface area contributed by atoms with E-state index in [-0.39, 0.29) is 17.9 Å². The Hall–Kier alpha value is -3.80. The molecule has 0 radical (unpaired) electrons. The van der Waals surface area contributed by atoms with Crippen molar-refractivity contribution in [3.05, 3.63) is 89.5 Å². The Kier molecular flexibility index (Phi) is 6.94. The predicted octanol–water partition coefficient (Wildman–Crippen LogP) is 5.96. The zero-order valence-corrected chi connectivity index (χ0v) is 20.8. The molecule has 3 aromatic rings. The molecule has 1 N–H and O–H groups in total. The lowest BCUT2D eigenvalue weighted by atomic mass is 9.77. The van der Waals surface area contributed by atoms with Gasteiger partial charge in [0.05, 0.1) is 31.9 Å². The van der Waals surface area contributed by atoms with Crippen molar-refractivity contribution in [2.75, 3.05) is 19.5 Å². The van der Waals surface area contributed by atoms with Crippen LogP contribution in [0.3, 0.4) is 0 Å². The van der Waals surface area contributed by atoms with Crippen LogP contribution in [0.4, 0.5) is 5.69 Å². The van der Waals surface area contributed by atoms with Crippen LogP contribution in [-0.4, -0.2) is 37.0 Å².